The SMILES string of the molecule is Cc1ccnc(-n2c3cc(-c4cccc5c4nc(-c4cccc6c4[nH]c4ccccc46)n5-c4ccccc4)ccc3c3c(C(F)(F)F)cc(C(C)C)cc32)c1. The zero-order chi connectivity index (χ0) is 37.6. The van der Waals surface area contributed by atoms with Crippen molar-refractivity contribution in [3.63, 3.8) is 0 Å². The average molecular weight is 726 g/mol. The lowest BCUT2D eigenvalue weighted by molar-refractivity contribution is -0.136. The standard InChI is InChI=1S/C47H34F3N5/c1-27(2)30-24-37(47(48,49)50)43-35-20-19-29(25-40(35)55(41(43)26-30)42-23-28(3)21-22-51-42)32-14-10-18-39-45(32)53-46(54(39)31-11-5-4-6-12-31)36-16-9-15-34-33-13-7-8-17-38(33)52-44(34)36/h4-27,52H,1-3H3. The summed E-state index contributed by atoms with van der Waals surface area (Å²) in [4.78, 5) is 13.8. The van der Waals surface area contributed by atoms with Gasteiger partial charge in [0.1, 0.15) is 11.6 Å². The summed E-state index contributed by atoms with van der Waals surface area (Å²) in [5, 5.41) is 2.94. The van der Waals surface area contributed by atoms with Crippen LogP contribution in [0.25, 0.3) is 88.7 Å². The van der Waals surface area contributed by atoms with Gasteiger partial charge in [-0.2, -0.15) is 13.2 Å². The summed E-state index contributed by atoms with van der Waals surface area (Å²) in [6, 6.07) is 43.6. The minimum Gasteiger partial charge on any atom is -0.354 e. The van der Waals surface area contributed by atoms with Crippen LogP contribution in [-0.4, -0.2) is 24.1 Å². The average Bonchev–Trinajstić information content (AvgIpc) is 3.87. The lowest BCUT2D eigenvalue weighted by Gasteiger charge is -2.14. The topological polar surface area (TPSA) is 51.4 Å². The molecule has 10 aromatic rings. The van der Waals surface area contributed by atoms with Gasteiger partial charge < -0.3 is 4.98 Å². The quantitative estimate of drug-likeness (QED) is 0.192. The summed E-state index contributed by atoms with van der Waals surface area (Å²) in [5.74, 6) is 1.23. The number of hydrogen-bond donors (Lipinski definition) is 1. The van der Waals surface area contributed by atoms with Gasteiger partial charge in [-0.05, 0) is 90.2 Å². The Bertz CT molecular complexity index is 3130. The van der Waals surface area contributed by atoms with Crippen LogP contribution in [0.1, 0.15) is 36.5 Å². The molecule has 0 aliphatic heterocycles. The molecule has 0 atom stereocenters. The van der Waals surface area contributed by atoms with E-state index in [1.54, 1.807) is 6.20 Å². The lowest BCUT2D eigenvalue weighted by atomic mass is 9.96. The fourth-order valence-corrected chi connectivity index (χ4v) is 8.19. The van der Waals surface area contributed by atoms with Gasteiger partial charge in [-0.15, -0.1) is 0 Å². The lowest BCUT2D eigenvalue weighted by Crippen LogP contribution is -2.07. The number of H-pyrrole nitrogens is 1. The summed E-state index contributed by atoms with van der Waals surface area (Å²) in [5.41, 5.74) is 9.41. The van der Waals surface area contributed by atoms with Crippen molar-refractivity contribution < 1.29 is 13.2 Å². The van der Waals surface area contributed by atoms with Crippen LogP contribution in [0.3, 0.4) is 0 Å². The van der Waals surface area contributed by atoms with Crippen LogP contribution in [0, 0.1) is 6.92 Å². The number of aromatic amines is 1. The number of aryl methyl sites for hydroxylation is 1. The van der Waals surface area contributed by atoms with E-state index in [4.69, 9.17) is 4.98 Å². The third-order valence-electron chi connectivity index (χ3n) is 10.8. The molecule has 8 heteroatoms. The Morgan fingerprint density at radius 1 is 0.655 bits per heavy atom. The van der Waals surface area contributed by atoms with E-state index >= 15 is 0 Å². The van der Waals surface area contributed by atoms with Crippen LogP contribution in [0.15, 0.2) is 140 Å². The smallest absolute Gasteiger partial charge is 0.354 e. The van der Waals surface area contributed by atoms with Gasteiger partial charge in [-0.25, -0.2) is 9.97 Å². The molecule has 0 saturated heterocycles. The molecular formula is C47H34F3N5. The number of alkyl halides is 3. The second kappa shape index (κ2) is 12.2. The number of aromatic nitrogens is 5. The zero-order valence-corrected chi connectivity index (χ0v) is 30.3. The molecule has 0 unspecified atom stereocenters. The monoisotopic (exact) mass is 725 g/mol. The zero-order valence-electron chi connectivity index (χ0n) is 30.3. The number of rotatable bonds is 5. The van der Waals surface area contributed by atoms with Crippen molar-refractivity contribution in [3.05, 3.63) is 156 Å². The highest BCUT2D eigenvalue weighted by Gasteiger charge is 2.35. The molecule has 0 aliphatic carbocycles. The summed E-state index contributed by atoms with van der Waals surface area (Å²) >= 11 is 0. The van der Waals surface area contributed by atoms with Gasteiger partial charge >= 0.3 is 6.18 Å². The van der Waals surface area contributed by atoms with E-state index < -0.39 is 11.7 Å². The van der Waals surface area contributed by atoms with Crippen molar-refractivity contribution in [2.45, 2.75) is 32.9 Å². The highest BCUT2D eigenvalue weighted by molar-refractivity contribution is 6.14. The molecule has 0 aliphatic rings. The van der Waals surface area contributed by atoms with E-state index in [1.807, 2.05) is 104 Å². The molecule has 0 spiro atoms. The van der Waals surface area contributed by atoms with Crippen LogP contribution in [0.5, 0.6) is 0 Å². The maximum absolute atomic E-state index is 14.9. The van der Waals surface area contributed by atoms with Crippen molar-refractivity contribution in [1.29, 1.82) is 0 Å². The number of halogens is 3. The summed E-state index contributed by atoms with van der Waals surface area (Å²) in [6.45, 7) is 5.79. The number of para-hydroxylation sites is 4. The van der Waals surface area contributed by atoms with Gasteiger partial charge in [-0.1, -0.05) is 86.6 Å². The molecule has 1 N–H and O–H groups in total. The Balaban J connectivity index is 1.28. The van der Waals surface area contributed by atoms with Crippen molar-refractivity contribution in [2.75, 3.05) is 0 Å². The van der Waals surface area contributed by atoms with Crippen LogP contribution >= 0.6 is 0 Å². The molecule has 268 valence electrons. The first-order chi connectivity index (χ1) is 26.7. The van der Waals surface area contributed by atoms with E-state index in [0.717, 1.165) is 66.6 Å². The third-order valence-corrected chi connectivity index (χ3v) is 10.8. The van der Waals surface area contributed by atoms with E-state index in [-0.39, 0.29) is 11.3 Å². The number of nitrogens with zero attached hydrogens (tertiary/aromatic N) is 4. The second-order valence-corrected chi connectivity index (χ2v) is 14.6. The maximum atomic E-state index is 14.9. The first kappa shape index (κ1) is 32.9. The van der Waals surface area contributed by atoms with Crippen molar-refractivity contribution >= 4 is 54.6 Å². The Kier molecular flexibility index (Phi) is 7.29. The molecule has 5 nitrogen and oxygen atoms in total. The largest absolute Gasteiger partial charge is 0.417 e. The van der Waals surface area contributed by atoms with Gasteiger partial charge in [-0.3, -0.25) is 9.13 Å². The highest BCUT2D eigenvalue weighted by Crippen LogP contribution is 2.45. The van der Waals surface area contributed by atoms with Crippen LogP contribution in [0.2, 0.25) is 0 Å². The molecule has 0 fully saturated rings. The third kappa shape index (κ3) is 5.16. The molecule has 4 heterocycles. The number of hydrogen-bond acceptors (Lipinski definition) is 2. The van der Waals surface area contributed by atoms with Crippen molar-refractivity contribution in [1.82, 2.24) is 24.1 Å². The first-order valence-electron chi connectivity index (χ1n) is 18.3. The van der Waals surface area contributed by atoms with Crippen molar-refractivity contribution in [2.24, 2.45) is 0 Å². The number of benzene rings is 6. The minimum atomic E-state index is -4.55. The van der Waals surface area contributed by atoms with Gasteiger partial charge in [0.25, 0.3) is 0 Å². The van der Waals surface area contributed by atoms with Gasteiger partial charge in [0.2, 0.25) is 0 Å². The van der Waals surface area contributed by atoms with Crippen LogP contribution < -0.4 is 0 Å². The fraction of sp³-hybridized carbons (Fsp3) is 0.106. The van der Waals surface area contributed by atoms with Crippen molar-refractivity contribution in [3.8, 4) is 34.0 Å². The second-order valence-electron chi connectivity index (χ2n) is 14.6. The Hall–Kier alpha value is -6.67. The molecule has 55 heavy (non-hydrogen) atoms. The molecule has 0 saturated carbocycles. The van der Waals surface area contributed by atoms with Gasteiger partial charge in [0.05, 0.1) is 33.1 Å². The maximum Gasteiger partial charge on any atom is 0.417 e. The van der Waals surface area contributed by atoms with Crippen LogP contribution in [0.4, 0.5) is 13.2 Å². The minimum absolute atomic E-state index is 0.111. The molecule has 0 bridgehead atoms. The summed E-state index contributed by atoms with van der Waals surface area (Å²) in [7, 11) is 0. The first-order valence-corrected chi connectivity index (χ1v) is 18.3. The molecule has 0 radical (unpaired) electrons. The fourth-order valence-electron chi connectivity index (χ4n) is 8.19. The normalized spacial score (nSPS) is 12.3. The molecule has 4 aromatic heterocycles. The van der Waals surface area contributed by atoms with Gasteiger partial charge in [0, 0.05) is 50.1 Å². The Morgan fingerprint density at radius 3 is 2.22 bits per heavy atom. The van der Waals surface area contributed by atoms with E-state index in [0.29, 0.717) is 27.8 Å². The Morgan fingerprint density at radius 2 is 1.42 bits per heavy atom. The predicted molar refractivity (Wildman–Crippen MR) is 217 cm³/mol. The molecular weight excluding hydrogens is 692 g/mol. The molecule has 6 aromatic carbocycles. The van der Waals surface area contributed by atoms with Crippen LogP contribution in [-0.2, 0) is 6.18 Å². The number of nitrogens with one attached hydrogen (secondary N) is 1. The van der Waals surface area contributed by atoms with E-state index in [9.17, 15) is 13.2 Å². The number of fused-ring (bicyclic) bond motifs is 7. The number of imidazole rings is 1. The Labute approximate surface area is 314 Å². The predicted octanol–water partition coefficient (Wildman–Crippen LogP) is 12.9. The summed E-state index contributed by atoms with van der Waals surface area (Å²) < 4.78 is 48.8. The summed E-state index contributed by atoms with van der Waals surface area (Å²) in [6.07, 6.45) is -2.85. The molecule has 0 amide bonds. The number of pyridine rings is 1. The van der Waals surface area contributed by atoms with E-state index in [2.05, 4.69) is 63.1 Å². The highest BCUT2D eigenvalue weighted by atomic mass is 19.4. The molecule has 10 rings (SSSR count). The van der Waals surface area contributed by atoms with E-state index in [1.165, 1.54) is 6.07 Å². The van der Waals surface area contributed by atoms with Gasteiger partial charge in [0.15, 0.2) is 0 Å².